The molecule has 3 atom stereocenters. The van der Waals surface area contributed by atoms with Crippen LogP contribution in [0.1, 0.15) is 55.0 Å². The van der Waals surface area contributed by atoms with E-state index in [1.165, 1.54) is 5.56 Å². The second kappa shape index (κ2) is 8.78. The Kier molecular flexibility index (Phi) is 6.11. The minimum atomic E-state index is -1.05. The number of rotatable bonds is 7. The van der Waals surface area contributed by atoms with E-state index in [1.54, 1.807) is 6.07 Å². The van der Waals surface area contributed by atoms with Crippen molar-refractivity contribution in [2.45, 2.75) is 50.9 Å². The van der Waals surface area contributed by atoms with E-state index in [9.17, 15) is 14.7 Å². The van der Waals surface area contributed by atoms with Gasteiger partial charge in [0.05, 0.1) is 12.5 Å². The van der Waals surface area contributed by atoms with E-state index in [0.717, 1.165) is 30.4 Å². The van der Waals surface area contributed by atoms with Crippen molar-refractivity contribution in [2.24, 2.45) is 5.92 Å². The first-order chi connectivity index (χ1) is 14.5. The Morgan fingerprint density at radius 3 is 2.50 bits per heavy atom. The maximum absolute atomic E-state index is 13.3. The van der Waals surface area contributed by atoms with E-state index in [1.807, 2.05) is 23.1 Å². The van der Waals surface area contributed by atoms with E-state index < -0.39 is 18.2 Å². The summed E-state index contributed by atoms with van der Waals surface area (Å²) < 4.78 is 6.18. The molecule has 158 valence electrons. The molecule has 0 aromatic heterocycles. The van der Waals surface area contributed by atoms with Gasteiger partial charge in [-0.05, 0) is 54.0 Å². The molecular formula is C24H26ClNO4. The fourth-order valence-corrected chi connectivity index (χ4v) is 4.32. The van der Waals surface area contributed by atoms with E-state index in [0.29, 0.717) is 17.5 Å². The number of amides is 1. The maximum atomic E-state index is 13.3. The van der Waals surface area contributed by atoms with Crippen molar-refractivity contribution in [3.63, 3.8) is 0 Å². The number of carboxylic acids is 1. The number of halogens is 1. The van der Waals surface area contributed by atoms with Crippen molar-refractivity contribution in [1.82, 2.24) is 4.90 Å². The lowest BCUT2D eigenvalue weighted by Gasteiger charge is -2.45. The molecule has 2 aromatic rings. The Morgan fingerprint density at radius 1 is 1.17 bits per heavy atom. The Hall–Kier alpha value is -2.37. The molecule has 1 heterocycles. The first kappa shape index (κ1) is 20.9. The number of aliphatic carboxylic acids is 1. The predicted octanol–water partition coefficient (Wildman–Crippen LogP) is 4.80. The molecule has 0 bridgehead atoms. The smallest absolute Gasteiger partial charge is 0.306 e. The number of benzene rings is 2. The lowest BCUT2D eigenvalue weighted by molar-refractivity contribution is -0.179. The highest BCUT2D eigenvalue weighted by Crippen LogP contribution is 2.45. The van der Waals surface area contributed by atoms with Crippen LogP contribution in [0.25, 0.3) is 0 Å². The number of carbonyl (C=O) groups is 2. The molecule has 2 aliphatic rings. The maximum Gasteiger partial charge on any atom is 0.306 e. The fourth-order valence-electron chi connectivity index (χ4n) is 4.12. The summed E-state index contributed by atoms with van der Waals surface area (Å²) in [6.45, 7) is 2.72. The van der Waals surface area contributed by atoms with Gasteiger partial charge in [-0.3, -0.25) is 9.59 Å². The number of carbonyl (C=O) groups excluding carboxylic acids is 1. The molecule has 0 radical (unpaired) electrons. The SMILES string of the molecule is CCc1ccc([C@@H]2[C@@H](c3cccc(Cl)c3)O[C@@H](CC(=O)O)C(=O)N2CC2CC2)cc1. The summed E-state index contributed by atoms with van der Waals surface area (Å²) in [7, 11) is 0. The average Bonchev–Trinajstić information content (AvgIpc) is 3.55. The second-order valence-electron chi connectivity index (χ2n) is 8.17. The third-order valence-corrected chi connectivity index (χ3v) is 6.15. The van der Waals surface area contributed by atoms with E-state index in [2.05, 4.69) is 31.2 Å². The highest BCUT2D eigenvalue weighted by Gasteiger charge is 2.46. The van der Waals surface area contributed by atoms with Crippen LogP contribution in [0.2, 0.25) is 5.02 Å². The van der Waals surface area contributed by atoms with Gasteiger partial charge in [0.25, 0.3) is 5.91 Å². The van der Waals surface area contributed by atoms with Gasteiger partial charge in [-0.1, -0.05) is 54.9 Å². The monoisotopic (exact) mass is 427 g/mol. The van der Waals surface area contributed by atoms with Gasteiger partial charge in [-0.15, -0.1) is 0 Å². The molecule has 0 spiro atoms. The largest absolute Gasteiger partial charge is 0.481 e. The number of aryl methyl sites for hydroxylation is 1. The topological polar surface area (TPSA) is 66.8 Å². The molecule has 0 unspecified atom stereocenters. The lowest BCUT2D eigenvalue weighted by Crippen LogP contribution is -2.52. The molecule has 1 aliphatic heterocycles. The van der Waals surface area contributed by atoms with Gasteiger partial charge < -0.3 is 14.7 Å². The number of morpholine rings is 1. The second-order valence-corrected chi connectivity index (χ2v) is 8.61. The Labute approximate surface area is 181 Å². The Morgan fingerprint density at radius 2 is 1.90 bits per heavy atom. The summed E-state index contributed by atoms with van der Waals surface area (Å²) in [5.74, 6) is -0.822. The minimum absolute atomic E-state index is 0.243. The van der Waals surface area contributed by atoms with Crippen LogP contribution in [0.15, 0.2) is 48.5 Å². The van der Waals surface area contributed by atoms with Crippen LogP contribution in [0.3, 0.4) is 0 Å². The number of nitrogens with zero attached hydrogens (tertiary/aromatic N) is 1. The van der Waals surface area contributed by atoms with Crippen LogP contribution in [-0.2, 0) is 20.7 Å². The first-order valence-electron chi connectivity index (χ1n) is 10.5. The molecule has 6 heteroatoms. The minimum Gasteiger partial charge on any atom is -0.481 e. The zero-order valence-corrected chi connectivity index (χ0v) is 17.7. The zero-order chi connectivity index (χ0) is 21.3. The van der Waals surface area contributed by atoms with E-state index in [-0.39, 0.29) is 18.4 Å². The summed E-state index contributed by atoms with van der Waals surface area (Å²) in [5.41, 5.74) is 3.05. The Bertz CT molecular complexity index is 925. The molecular weight excluding hydrogens is 402 g/mol. The van der Waals surface area contributed by atoms with Crippen LogP contribution in [-0.4, -0.2) is 34.5 Å². The average molecular weight is 428 g/mol. The van der Waals surface area contributed by atoms with E-state index >= 15 is 0 Å². The summed E-state index contributed by atoms with van der Waals surface area (Å²) in [6.07, 6.45) is 1.28. The van der Waals surface area contributed by atoms with Crippen molar-refractivity contribution in [1.29, 1.82) is 0 Å². The normalized spacial score (nSPS) is 24.1. The number of carboxylic acid groups (broad SMARTS) is 1. The standard InChI is InChI=1S/C24H26ClNO4/c1-2-15-8-10-17(11-9-15)22-23(18-4-3-5-19(25)12-18)30-20(13-21(27)28)24(29)26(22)14-16-6-7-16/h3-5,8-12,16,20,22-23H,2,6-7,13-14H2,1H3,(H,27,28)/t20-,22+,23+/m0/s1. The lowest BCUT2D eigenvalue weighted by atomic mass is 9.90. The fraction of sp³-hybridized carbons (Fsp3) is 0.417. The highest BCUT2D eigenvalue weighted by molar-refractivity contribution is 6.30. The van der Waals surface area contributed by atoms with Crippen LogP contribution >= 0.6 is 11.6 Å². The molecule has 5 nitrogen and oxygen atoms in total. The molecule has 1 aliphatic carbocycles. The van der Waals surface area contributed by atoms with E-state index in [4.69, 9.17) is 16.3 Å². The quantitative estimate of drug-likeness (QED) is 0.689. The molecule has 1 N–H and O–H groups in total. The molecule has 30 heavy (non-hydrogen) atoms. The van der Waals surface area contributed by atoms with Crippen molar-refractivity contribution in [3.8, 4) is 0 Å². The molecule has 1 saturated heterocycles. The van der Waals surface area contributed by atoms with Crippen molar-refractivity contribution >= 4 is 23.5 Å². The highest BCUT2D eigenvalue weighted by atomic mass is 35.5. The molecule has 2 aromatic carbocycles. The van der Waals surface area contributed by atoms with Crippen LogP contribution in [0.4, 0.5) is 0 Å². The molecule has 2 fully saturated rings. The van der Waals surface area contributed by atoms with Gasteiger partial charge in [0.1, 0.15) is 12.2 Å². The van der Waals surface area contributed by atoms with Crippen LogP contribution in [0, 0.1) is 5.92 Å². The van der Waals surface area contributed by atoms with Crippen molar-refractivity contribution in [3.05, 3.63) is 70.2 Å². The van der Waals surface area contributed by atoms with Gasteiger partial charge in [0.2, 0.25) is 0 Å². The summed E-state index contributed by atoms with van der Waals surface area (Å²) in [6, 6.07) is 15.3. The first-order valence-corrected chi connectivity index (χ1v) is 10.9. The third-order valence-electron chi connectivity index (χ3n) is 5.91. The van der Waals surface area contributed by atoms with Gasteiger partial charge >= 0.3 is 5.97 Å². The van der Waals surface area contributed by atoms with Crippen LogP contribution in [0.5, 0.6) is 0 Å². The van der Waals surface area contributed by atoms with Gasteiger partial charge in [0, 0.05) is 11.6 Å². The number of hydrogen-bond donors (Lipinski definition) is 1. The van der Waals surface area contributed by atoms with Gasteiger partial charge in [-0.2, -0.15) is 0 Å². The summed E-state index contributed by atoms with van der Waals surface area (Å²) in [4.78, 5) is 26.5. The predicted molar refractivity (Wildman–Crippen MR) is 114 cm³/mol. The van der Waals surface area contributed by atoms with Gasteiger partial charge in [0.15, 0.2) is 0 Å². The summed E-state index contributed by atoms with van der Waals surface area (Å²) in [5, 5.41) is 9.91. The van der Waals surface area contributed by atoms with Crippen molar-refractivity contribution in [2.75, 3.05) is 6.54 Å². The van der Waals surface area contributed by atoms with Crippen molar-refractivity contribution < 1.29 is 19.4 Å². The summed E-state index contributed by atoms with van der Waals surface area (Å²) >= 11 is 6.25. The van der Waals surface area contributed by atoms with Crippen LogP contribution < -0.4 is 0 Å². The Balaban J connectivity index is 1.78. The molecule has 1 saturated carbocycles. The number of hydrogen-bond acceptors (Lipinski definition) is 3. The third kappa shape index (κ3) is 4.52. The van der Waals surface area contributed by atoms with Gasteiger partial charge in [-0.25, -0.2) is 0 Å². The zero-order valence-electron chi connectivity index (χ0n) is 17.0. The molecule has 1 amide bonds. The number of ether oxygens (including phenoxy) is 1. The molecule has 4 rings (SSSR count).